The molecule has 2 aromatic heterocycles. The number of piperidine rings is 1. The van der Waals surface area contributed by atoms with Gasteiger partial charge in [0.05, 0.1) is 10.4 Å². The van der Waals surface area contributed by atoms with E-state index >= 15 is 0 Å². The number of sulfonamides is 1. The van der Waals surface area contributed by atoms with Crippen molar-refractivity contribution in [3.05, 3.63) is 40.9 Å². The molecule has 1 aromatic carbocycles. The van der Waals surface area contributed by atoms with Crippen molar-refractivity contribution in [1.29, 1.82) is 0 Å². The van der Waals surface area contributed by atoms with Crippen molar-refractivity contribution < 1.29 is 12.8 Å². The first-order chi connectivity index (χ1) is 15.0. The highest BCUT2D eigenvalue weighted by atomic mass is 32.2. The summed E-state index contributed by atoms with van der Waals surface area (Å²) in [6.07, 6.45) is 3.63. The zero-order chi connectivity index (χ0) is 21.4. The SMILES string of the molecule is O=c1[nH]c2cc(S(=O)(=O)N3CCN(c4ccc(N5CCCCC5)nn4)CC3)ccc2o1. The van der Waals surface area contributed by atoms with Gasteiger partial charge in [-0.3, -0.25) is 4.98 Å². The van der Waals surface area contributed by atoms with Gasteiger partial charge in [-0.1, -0.05) is 0 Å². The molecule has 164 valence electrons. The molecule has 0 radical (unpaired) electrons. The zero-order valence-electron chi connectivity index (χ0n) is 17.0. The van der Waals surface area contributed by atoms with Crippen LogP contribution in [0.25, 0.3) is 11.1 Å². The Morgan fingerprint density at radius 3 is 2.13 bits per heavy atom. The highest BCUT2D eigenvalue weighted by Gasteiger charge is 2.29. The number of hydrogen-bond acceptors (Lipinski definition) is 8. The van der Waals surface area contributed by atoms with Crippen LogP contribution in [0.3, 0.4) is 0 Å². The number of benzene rings is 1. The van der Waals surface area contributed by atoms with E-state index in [-0.39, 0.29) is 4.90 Å². The summed E-state index contributed by atoms with van der Waals surface area (Å²) in [7, 11) is -3.67. The van der Waals surface area contributed by atoms with Gasteiger partial charge in [0, 0.05) is 39.3 Å². The van der Waals surface area contributed by atoms with Crippen LogP contribution in [0.5, 0.6) is 0 Å². The zero-order valence-corrected chi connectivity index (χ0v) is 17.8. The number of aromatic amines is 1. The molecule has 2 aliphatic heterocycles. The molecule has 0 amide bonds. The van der Waals surface area contributed by atoms with E-state index in [9.17, 15) is 13.2 Å². The molecule has 0 unspecified atom stereocenters. The van der Waals surface area contributed by atoms with Crippen LogP contribution in [-0.4, -0.2) is 67.2 Å². The van der Waals surface area contributed by atoms with Gasteiger partial charge in [0.25, 0.3) is 0 Å². The molecular formula is C20H24N6O4S. The molecule has 0 bridgehead atoms. The molecule has 2 saturated heterocycles. The van der Waals surface area contributed by atoms with E-state index in [0.717, 1.165) is 24.7 Å². The fraction of sp³-hybridized carbons (Fsp3) is 0.450. The summed E-state index contributed by atoms with van der Waals surface area (Å²) in [5.41, 5.74) is 0.703. The quantitative estimate of drug-likeness (QED) is 0.642. The minimum absolute atomic E-state index is 0.135. The van der Waals surface area contributed by atoms with Crippen LogP contribution in [0.15, 0.2) is 44.4 Å². The highest BCUT2D eigenvalue weighted by molar-refractivity contribution is 7.89. The molecule has 11 heteroatoms. The molecule has 0 atom stereocenters. The van der Waals surface area contributed by atoms with Crippen molar-refractivity contribution in [2.75, 3.05) is 49.1 Å². The van der Waals surface area contributed by atoms with Crippen molar-refractivity contribution in [1.82, 2.24) is 19.5 Å². The van der Waals surface area contributed by atoms with Crippen LogP contribution in [0.4, 0.5) is 11.6 Å². The molecule has 0 saturated carbocycles. The number of hydrogen-bond donors (Lipinski definition) is 1. The predicted molar refractivity (Wildman–Crippen MR) is 116 cm³/mol. The maximum absolute atomic E-state index is 13.1. The Morgan fingerprint density at radius 2 is 1.48 bits per heavy atom. The summed E-state index contributed by atoms with van der Waals surface area (Å²) in [6.45, 7) is 3.78. The van der Waals surface area contributed by atoms with E-state index in [1.807, 2.05) is 12.1 Å². The maximum Gasteiger partial charge on any atom is 0.417 e. The molecule has 31 heavy (non-hydrogen) atoms. The molecule has 5 rings (SSSR count). The molecular weight excluding hydrogens is 420 g/mol. The lowest BCUT2D eigenvalue weighted by Crippen LogP contribution is -2.49. The summed E-state index contributed by atoms with van der Waals surface area (Å²) >= 11 is 0. The number of H-pyrrole nitrogens is 1. The molecule has 4 heterocycles. The highest BCUT2D eigenvalue weighted by Crippen LogP contribution is 2.23. The van der Waals surface area contributed by atoms with E-state index < -0.39 is 15.8 Å². The molecule has 0 spiro atoms. The minimum atomic E-state index is -3.67. The molecule has 0 aliphatic carbocycles. The maximum atomic E-state index is 13.1. The van der Waals surface area contributed by atoms with Crippen molar-refractivity contribution in [2.45, 2.75) is 24.2 Å². The van der Waals surface area contributed by atoms with Gasteiger partial charge in [-0.15, -0.1) is 10.2 Å². The summed E-state index contributed by atoms with van der Waals surface area (Å²) in [5, 5.41) is 8.77. The topological polar surface area (TPSA) is 116 Å². The fourth-order valence-electron chi connectivity index (χ4n) is 4.18. The van der Waals surface area contributed by atoms with Gasteiger partial charge in [0.1, 0.15) is 0 Å². The lowest BCUT2D eigenvalue weighted by Gasteiger charge is -2.34. The second-order valence-electron chi connectivity index (χ2n) is 7.86. The van der Waals surface area contributed by atoms with Crippen molar-refractivity contribution >= 4 is 32.8 Å². The van der Waals surface area contributed by atoms with E-state index in [0.29, 0.717) is 37.3 Å². The molecule has 3 aromatic rings. The Balaban J connectivity index is 1.26. The normalized spacial score (nSPS) is 18.6. The van der Waals surface area contributed by atoms with Crippen LogP contribution < -0.4 is 15.6 Å². The van der Waals surface area contributed by atoms with E-state index in [4.69, 9.17) is 4.42 Å². The number of anilines is 2. The average molecular weight is 445 g/mol. The number of rotatable bonds is 4. The molecule has 10 nitrogen and oxygen atoms in total. The van der Waals surface area contributed by atoms with Crippen molar-refractivity contribution in [3.63, 3.8) is 0 Å². The van der Waals surface area contributed by atoms with Gasteiger partial charge in [-0.2, -0.15) is 4.31 Å². The van der Waals surface area contributed by atoms with Crippen LogP contribution in [0, 0.1) is 0 Å². The Bertz CT molecular complexity index is 1220. The second kappa shape index (κ2) is 7.97. The summed E-state index contributed by atoms with van der Waals surface area (Å²) < 4.78 is 32.5. The fourth-order valence-corrected chi connectivity index (χ4v) is 5.63. The first-order valence-electron chi connectivity index (χ1n) is 10.5. The van der Waals surface area contributed by atoms with Crippen LogP contribution in [0.2, 0.25) is 0 Å². The number of fused-ring (bicyclic) bond motifs is 1. The number of aromatic nitrogens is 3. The van der Waals surface area contributed by atoms with Crippen LogP contribution >= 0.6 is 0 Å². The van der Waals surface area contributed by atoms with Crippen molar-refractivity contribution in [2.24, 2.45) is 0 Å². The third-order valence-corrected chi connectivity index (χ3v) is 7.80. The number of nitrogens with zero attached hydrogens (tertiary/aromatic N) is 5. The molecule has 2 fully saturated rings. The standard InChI is InChI=1S/C20H24N6O4S/c27-20-21-16-14-15(4-5-17(16)30-20)31(28,29)26-12-10-25(11-13-26)19-7-6-18(22-23-19)24-8-2-1-3-9-24/h4-7,14H,1-3,8-13H2,(H,21,27). The first kappa shape index (κ1) is 20.0. The van der Waals surface area contributed by atoms with Gasteiger partial charge in [-0.25, -0.2) is 13.2 Å². The number of piperazine rings is 1. The summed E-state index contributed by atoms with van der Waals surface area (Å²) in [4.78, 5) is 18.3. The van der Waals surface area contributed by atoms with Gasteiger partial charge in [0.2, 0.25) is 10.0 Å². The van der Waals surface area contributed by atoms with Crippen molar-refractivity contribution in [3.8, 4) is 0 Å². The summed E-state index contributed by atoms with van der Waals surface area (Å²) in [6, 6.07) is 8.36. The lowest BCUT2D eigenvalue weighted by atomic mass is 10.1. The second-order valence-corrected chi connectivity index (χ2v) is 9.80. The summed E-state index contributed by atoms with van der Waals surface area (Å²) in [5.74, 6) is 1.05. The Hall–Kier alpha value is -2.92. The molecule has 2 aliphatic rings. The van der Waals surface area contributed by atoms with E-state index in [2.05, 4.69) is 25.0 Å². The van der Waals surface area contributed by atoms with Crippen LogP contribution in [0.1, 0.15) is 19.3 Å². The lowest BCUT2D eigenvalue weighted by molar-refractivity contribution is 0.383. The Labute approximate surface area is 179 Å². The van der Waals surface area contributed by atoms with Gasteiger partial charge >= 0.3 is 5.76 Å². The molecule has 1 N–H and O–H groups in total. The Morgan fingerprint density at radius 1 is 0.839 bits per heavy atom. The number of nitrogens with one attached hydrogen (secondary N) is 1. The average Bonchev–Trinajstić information content (AvgIpc) is 3.19. The first-order valence-corrected chi connectivity index (χ1v) is 11.9. The van der Waals surface area contributed by atoms with Gasteiger partial charge in [-0.05, 0) is 49.6 Å². The van der Waals surface area contributed by atoms with Crippen LogP contribution in [-0.2, 0) is 10.0 Å². The number of oxazole rings is 1. The third kappa shape index (κ3) is 3.90. The smallest absolute Gasteiger partial charge is 0.408 e. The Kier molecular flexibility index (Phi) is 5.14. The minimum Gasteiger partial charge on any atom is -0.408 e. The predicted octanol–water partition coefficient (Wildman–Crippen LogP) is 1.41. The van der Waals surface area contributed by atoms with Gasteiger partial charge in [0.15, 0.2) is 17.2 Å². The largest absolute Gasteiger partial charge is 0.417 e. The van der Waals surface area contributed by atoms with E-state index in [1.54, 1.807) is 0 Å². The third-order valence-electron chi connectivity index (χ3n) is 5.91. The van der Waals surface area contributed by atoms with Gasteiger partial charge < -0.3 is 14.2 Å². The monoisotopic (exact) mass is 444 g/mol. The van der Waals surface area contributed by atoms with E-state index in [1.165, 1.54) is 41.8 Å².